The van der Waals surface area contributed by atoms with Gasteiger partial charge < -0.3 is 16.0 Å². The van der Waals surface area contributed by atoms with Crippen molar-refractivity contribution in [3.8, 4) is 0 Å². The van der Waals surface area contributed by atoms with Crippen molar-refractivity contribution < 1.29 is 4.79 Å². The lowest BCUT2D eigenvalue weighted by molar-refractivity contribution is -0.122. The van der Waals surface area contributed by atoms with Crippen molar-refractivity contribution in [2.45, 2.75) is 39.2 Å². The van der Waals surface area contributed by atoms with Gasteiger partial charge in [-0.1, -0.05) is 19.1 Å². The van der Waals surface area contributed by atoms with E-state index in [1.807, 2.05) is 0 Å². The molecule has 0 saturated carbocycles. The number of hydrogen-bond acceptors (Lipinski definition) is 3. The molecule has 1 amide bonds. The van der Waals surface area contributed by atoms with Crippen molar-refractivity contribution in [2.75, 3.05) is 24.5 Å². The summed E-state index contributed by atoms with van der Waals surface area (Å²) in [5.74, 6) is -0.183. The molecule has 4 heteroatoms. The lowest BCUT2D eigenvalue weighted by atomic mass is 9.97. The van der Waals surface area contributed by atoms with Crippen LogP contribution in [0.2, 0.25) is 0 Å². The molecule has 0 spiro atoms. The first kappa shape index (κ1) is 15.8. The van der Waals surface area contributed by atoms with Crippen molar-refractivity contribution in [3.63, 3.8) is 0 Å². The molecule has 1 aliphatic heterocycles. The van der Waals surface area contributed by atoms with Crippen molar-refractivity contribution in [2.24, 2.45) is 11.7 Å². The van der Waals surface area contributed by atoms with E-state index in [1.54, 1.807) is 0 Å². The number of anilines is 1. The number of carbonyl (C=O) groups excluding carboxylic acids is 1. The highest BCUT2D eigenvalue weighted by molar-refractivity contribution is 5.77. The van der Waals surface area contributed by atoms with Crippen LogP contribution in [0.15, 0.2) is 24.3 Å². The second-order valence-electron chi connectivity index (χ2n) is 5.95. The molecule has 0 bridgehead atoms. The Morgan fingerprint density at radius 1 is 1.43 bits per heavy atom. The minimum absolute atomic E-state index is 0.0106. The van der Waals surface area contributed by atoms with E-state index in [-0.39, 0.29) is 11.8 Å². The zero-order chi connectivity index (χ0) is 15.2. The Morgan fingerprint density at radius 2 is 2.14 bits per heavy atom. The molecule has 1 aromatic carbocycles. The second kappa shape index (κ2) is 7.46. The highest BCUT2D eigenvalue weighted by Crippen LogP contribution is 2.24. The van der Waals surface area contributed by atoms with Gasteiger partial charge in [-0.15, -0.1) is 0 Å². The smallest absolute Gasteiger partial charge is 0.222 e. The van der Waals surface area contributed by atoms with Crippen LogP contribution in [-0.4, -0.2) is 25.5 Å². The first-order valence-corrected chi connectivity index (χ1v) is 7.99. The van der Waals surface area contributed by atoms with Crippen LogP contribution >= 0.6 is 0 Å². The molecule has 1 saturated heterocycles. The molecule has 3 N–H and O–H groups in total. The molecule has 0 aromatic heterocycles. The maximum absolute atomic E-state index is 11.4. The first-order chi connectivity index (χ1) is 10.1. The molecule has 2 rings (SSSR count). The summed E-state index contributed by atoms with van der Waals surface area (Å²) in [7, 11) is 0. The van der Waals surface area contributed by atoms with Gasteiger partial charge in [0, 0.05) is 24.8 Å². The van der Waals surface area contributed by atoms with E-state index < -0.39 is 0 Å². The summed E-state index contributed by atoms with van der Waals surface area (Å²) < 4.78 is 0. The fourth-order valence-corrected chi connectivity index (χ4v) is 2.90. The van der Waals surface area contributed by atoms with Gasteiger partial charge in [0.2, 0.25) is 5.91 Å². The molecule has 2 unspecified atom stereocenters. The number of rotatable bonds is 6. The van der Waals surface area contributed by atoms with E-state index in [9.17, 15) is 4.79 Å². The van der Waals surface area contributed by atoms with Gasteiger partial charge in [0.1, 0.15) is 0 Å². The Morgan fingerprint density at radius 3 is 2.76 bits per heavy atom. The van der Waals surface area contributed by atoms with Crippen molar-refractivity contribution in [3.05, 3.63) is 29.8 Å². The third-order valence-corrected chi connectivity index (χ3v) is 4.28. The summed E-state index contributed by atoms with van der Waals surface area (Å²) in [5, 5.41) is 3.49. The van der Waals surface area contributed by atoms with E-state index in [2.05, 4.69) is 48.3 Å². The fourth-order valence-electron chi connectivity index (χ4n) is 2.90. The van der Waals surface area contributed by atoms with E-state index in [1.165, 1.54) is 11.3 Å². The number of nitrogens with zero attached hydrogens (tertiary/aromatic N) is 1. The zero-order valence-electron chi connectivity index (χ0n) is 13.1. The largest absolute Gasteiger partial charge is 0.371 e. The van der Waals surface area contributed by atoms with Crippen LogP contribution in [0.4, 0.5) is 5.69 Å². The minimum Gasteiger partial charge on any atom is -0.371 e. The third-order valence-electron chi connectivity index (χ3n) is 4.28. The van der Waals surface area contributed by atoms with Gasteiger partial charge >= 0.3 is 0 Å². The predicted molar refractivity (Wildman–Crippen MR) is 87.3 cm³/mol. The van der Waals surface area contributed by atoms with Crippen LogP contribution in [0.3, 0.4) is 0 Å². The Bertz CT molecular complexity index is 458. The molecule has 0 aliphatic carbocycles. The summed E-state index contributed by atoms with van der Waals surface area (Å²) >= 11 is 0. The molecule has 1 fully saturated rings. The lowest BCUT2D eigenvalue weighted by Gasteiger charge is -2.33. The highest BCUT2D eigenvalue weighted by Gasteiger charge is 2.24. The zero-order valence-corrected chi connectivity index (χ0v) is 13.1. The number of primary amides is 1. The Balaban J connectivity index is 1.99. The van der Waals surface area contributed by atoms with E-state index in [0.29, 0.717) is 6.04 Å². The number of hydrogen-bond donors (Lipinski definition) is 2. The molecular weight excluding hydrogens is 262 g/mol. The molecule has 4 nitrogen and oxygen atoms in total. The van der Waals surface area contributed by atoms with Crippen LogP contribution in [0, 0.1) is 5.92 Å². The van der Waals surface area contributed by atoms with Gasteiger partial charge in [-0.05, 0) is 50.4 Å². The van der Waals surface area contributed by atoms with Crippen LogP contribution in [-0.2, 0) is 4.79 Å². The number of nitrogens with two attached hydrogens (primary N) is 1. The average Bonchev–Trinajstić information content (AvgIpc) is 2.53. The SMILES string of the molecule is CCCNC(C)c1ccc(N2CCCC(C(N)=O)C2)cc1. The Labute approximate surface area is 127 Å². The molecule has 21 heavy (non-hydrogen) atoms. The van der Waals surface area contributed by atoms with Gasteiger partial charge in [0.05, 0.1) is 5.92 Å². The van der Waals surface area contributed by atoms with Crippen LogP contribution in [0.1, 0.15) is 44.7 Å². The van der Waals surface area contributed by atoms with Crippen LogP contribution < -0.4 is 16.0 Å². The van der Waals surface area contributed by atoms with E-state index in [0.717, 1.165) is 38.9 Å². The van der Waals surface area contributed by atoms with Gasteiger partial charge in [0.15, 0.2) is 0 Å². The van der Waals surface area contributed by atoms with Gasteiger partial charge in [-0.3, -0.25) is 4.79 Å². The van der Waals surface area contributed by atoms with Crippen molar-refractivity contribution >= 4 is 11.6 Å². The maximum atomic E-state index is 11.4. The molecule has 1 aromatic rings. The lowest BCUT2D eigenvalue weighted by Crippen LogP contribution is -2.41. The summed E-state index contributed by atoms with van der Waals surface area (Å²) in [6.07, 6.45) is 3.09. The van der Waals surface area contributed by atoms with Gasteiger partial charge in [-0.25, -0.2) is 0 Å². The van der Waals surface area contributed by atoms with Crippen molar-refractivity contribution in [1.29, 1.82) is 0 Å². The Kier molecular flexibility index (Phi) is 5.62. The summed E-state index contributed by atoms with van der Waals surface area (Å²) in [4.78, 5) is 13.6. The average molecular weight is 289 g/mol. The fraction of sp³-hybridized carbons (Fsp3) is 0.588. The summed E-state index contributed by atoms with van der Waals surface area (Å²) in [5.41, 5.74) is 7.93. The monoisotopic (exact) mass is 289 g/mol. The molecule has 2 atom stereocenters. The van der Waals surface area contributed by atoms with E-state index >= 15 is 0 Å². The molecule has 1 aliphatic rings. The van der Waals surface area contributed by atoms with Gasteiger partial charge in [0.25, 0.3) is 0 Å². The molecule has 0 radical (unpaired) electrons. The predicted octanol–water partition coefficient (Wildman–Crippen LogP) is 2.45. The highest BCUT2D eigenvalue weighted by atomic mass is 16.1. The standard InChI is InChI=1S/C17H27N3O/c1-3-10-19-13(2)14-6-8-16(9-7-14)20-11-4-5-15(12-20)17(18)21/h6-9,13,15,19H,3-5,10-12H2,1-2H3,(H2,18,21). The maximum Gasteiger partial charge on any atom is 0.222 e. The van der Waals surface area contributed by atoms with Crippen LogP contribution in [0.5, 0.6) is 0 Å². The third kappa shape index (κ3) is 4.21. The quantitative estimate of drug-likeness (QED) is 0.845. The molecule has 1 heterocycles. The second-order valence-corrected chi connectivity index (χ2v) is 5.95. The number of nitrogens with one attached hydrogen (secondary N) is 1. The summed E-state index contributed by atoms with van der Waals surface area (Å²) in [6.45, 7) is 7.16. The van der Waals surface area contributed by atoms with Gasteiger partial charge in [-0.2, -0.15) is 0 Å². The number of carbonyl (C=O) groups is 1. The normalized spacial score (nSPS) is 20.3. The molecular formula is C17H27N3O. The molecule has 116 valence electrons. The number of benzene rings is 1. The number of amides is 1. The first-order valence-electron chi connectivity index (χ1n) is 7.99. The van der Waals surface area contributed by atoms with Crippen LogP contribution in [0.25, 0.3) is 0 Å². The van der Waals surface area contributed by atoms with E-state index in [4.69, 9.17) is 5.73 Å². The number of piperidine rings is 1. The topological polar surface area (TPSA) is 58.4 Å². The summed E-state index contributed by atoms with van der Waals surface area (Å²) in [6, 6.07) is 9.04. The van der Waals surface area contributed by atoms with Crippen molar-refractivity contribution in [1.82, 2.24) is 5.32 Å². The minimum atomic E-state index is -0.172. The Hall–Kier alpha value is -1.55.